The summed E-state index contributed by atoms with van der Waals surface area (Å²) in [7, 11) is 1.85. The Balaban J connectivity index is 2.89. The number of carbonyl (C=O) groups excluding carboxylic acids is 2. The summed E-state index contributed by atoms with van der Waals surface area (Å²) in [5, 5.41) is 0. The first kappa shape index (κ1) is 18.6. The topological polar surface area (TPSA) is 69.4 Å². The molecule has 0 aliphatic carbocycles. The fourth-order valence-electron chi connectivity index (χ4n) is 2.80. The van der Waals surface area contributed by atoms with Crippen LogP contribution in [0.15, 0.2) is 24.4 Å². The lowest BCUT2D eigenvalue weighted by Crippen LogP contribution is -2.32. The zero-order chi connectivity index (χ0) is 18.6. The molecular weight excluding hydrogens is 320 g/mol. The standard InChI is InChI=1S/C19H23N2O4/c1-6-24-18(22)15-12(3)20-13(4)16(19(23)25-7-2)17(15)14-10-8-9-11-21(14)5/h8-11H,6-7H2,1-5H3/q+1. The van der Waals surface area contributed by atoms with Gasteiger partial charge in [0.15, 0.2) is 6.20 Å². The van der Waals surface area contributed by atoms with E-state index in [0.717, 1.165) is 0 Å². The second kappa shape index (κ2) is 7.88. The number of ether oxygens (including phenoxy) is 2. The first-order valence-electron chi connectivity index (χ1n) is 8.22. The summed E-state index contributed by atoms with van der Waals surface area (Å²) >= 11 is 0. The van der Waals surface area contributed by atoms with Gasteiger partial charge in [-0.25, -0.2) is 14.2 Å². The molecule has 0 saturated heterocycles. The van der Waals surface area contributed by atoms with Gasteiger partial charge in [0.2, 0.25) is 5.69 Å². The van der Waals surface area contributed by atoms with Crippen molar-refractivity contribution in [2.24, 2.45) is 7.05 Å². The molecule has 0 saturated carbocycles. The van der Waals surface area contributed by atoms with Crippen LogP contribution in [0, 0.1) is 13.8 Å². The van der Waals surface area contributed by atoms with Crippen molar-refractivity contribution in [1.82, 2.24) is 4.98 Å². The third-order valence-corrected chi connectivity index (χ3v) is 3.83. The van der Waals surface area contributed by atoms with Gasteiger partial charge in [0.25, 0.3) is 0 Å². The van der Waals surface area contributed by atoms with E-state index < -0.39 is 11.9 Å². The molecule has 0 aliphatic rings. The summed E-state index contributed by atoms with van der Waals surface area (Å²) in [4.78, 5) is 29.6. The van der Waals surface area contributed by atoms with Crippen LogP contribution in [-0.2, 0) is 16.5 Å². The van der Waals surface area contributed by atoms with E-state index in [9.17, 15) is 9.59 Å². The molecule has 0 aromatic carbocycles. The Morgan fingerprint density at radius 3 is 1.96 bits per heavy atom. The molecule has 2 aromatic rings. The molecule has 0 unspecified atom stereocenters. The van der Waals surface area contributed by atoms with Crippen LogP contribution in [0.25, 0.3) is 11.3 Å². The molecule has 2 aromatic heterocycles. The molecule has 2 rings (SSSR count). The van der Waals surface area contributed by atoms with E-state index in [1.807, 2.05) is 36.0 Å². The molecule has 0 spiro atoms. The zero-order valence-corrected chi connectivity index (χ0v) is 15.3. The van der Waals surface area contributed by atoms with Crippen molar-refractivity contribution in [3.8, 4) is 11.3 Å². The number of hydrogen-bond donors (Lipinski definition) is 0. The zero-order valence-electron chi connectivity index (χ0n) is 15.3. The van der Waals surface area contributed by atoms with Gasteiger partial charge >= 0.3 is 11.9 Å². The van der Waals surface area contributed by atoms with Crippen molar-refractivity contribution in [3.63, 3.8) is 0 Å². The van der Waals surface area contributed by atoms with Crippen molar-refractivity contribution in [2.75, 3.05) is 13.2 Å². The second-order valence-electron chi connectivity index (χ2n) is 5.55. The Morgan fingerprint density at radius 1 is 1.00 bits per heavy atom. The maximum Gasteiger partial charge on any atom is 0.340 e. The Morgan fingerprint density at radius 2 is 1.52 bits per heavy atom. The number of carbonyl (C=O) groups is 2. The summed E-state index contributed by atoms with van der Waals surface area (Å²) in [6.45, 7) is 7.43. The Hall–Kier alpha value is -2.76. The van der Waals surface area contributed by atoms with Crippen LogP contribution in [0.4, 0.5) is 0 Å². The van der Waals surface area contributed by atoms with Gasteiger partial charge in [0, 0.05) is 12.1 Å². The van der Waals surface area contributed by atoms with Crippen LogP contribution < -0.4 is 4.57 Å². The summed E-state index contributed by atoms with van der Waals surface area (Å²) < 4.78 is 12.3. The van der Waals surface area contributed by atoms with Gasteiger partial charge in [-0.15, -0.1) is 0 Å². The lowest BCUT2D eigenvalue weighted by Gasteiger charge is -2.16. The quantitative estimate of drug-likeness (QED) is 0.616. The predicted molar refractivity (Wildman–Crippen MR) is 92.2 cm³/mol. The molecule has 0 aliphatic heterocycles. The second-order valence-corrected chi connectivity index (χ2v) is 5.55. The van der Waals surface area contributed by atoms with Crippen LogP contribution in [0.1, 0.15) is 46.0 Å². The van der Waals surface area contributed by atoms with Crippen molar-refractivity contribution in [1.29, 1.82) is 0 Å². The van der Waals surface area contributed by atoms with Gasteiger partial charge in [0.1, 0.15) is 7.05 Å². The van der Waals surface area contributed by atoms with Crippen molar-refractivity contribution in [3.05, 3.63) is 46.9 Å². The maximum atomic E-state index is 12.6. The van der Waals surface area contributed by atoms with E-state index in [-0.39, 0.29) is 24.3 Å². The number of nitrogens with zero attached hydrogens (tertiary/aromatic N) is 2. The minimum atomic E-state index is -0.503. The molecule has 0 atom stereocenters. The lowest BCUT2D eigenvalue weighted by molar-refractivity contribution is -0.660. The average molecular weight is 343 g/mol. The highest BCUT2D eigenvalue weighted by atomic mass is 16.5. The first-order valence-corrected chi connectivity index (χ1v) is 8.22. The van der Waals surface area contributed by atoms with Gasteiger partial charge in [0.05, 0.1) is 41.3 Å². The first-order chi connectivity index (χ1) is 11.9. The third-order valence-electron chi connectivity index (χ3n) is 3.83. The van der Waals surface area contributed by atoms with E-state index in [2.05, 4.69) is 4.98 Å². The fourth-order valence-corrected chi connectivity index (χ4v) is 2.80. The molecule has 25 heavy (non-hydrogen) atoms. The molecule has 6 nitrogen and oxygen atoms in total. The Labute approximate surface area is 147 Å². The summed E-state index contributed by atoms with van der Waals surface area (Å²) in [5.41, 5.74) is 2.81. The number of pyridine rings is 2. The smallest absolute Gasteiger partial charge is 0.340 e. The molecule has 0 N–H and O–H groups in total. The Bertz CT molecular complexity index is 773. The molecule has 0 radical (unpaired) electrons. The maximum absolute atomic E-state index is 12.6. The van der Waals surface area contributed by atoms with Crippen LogP contribution in [-0.4, -0.2) is 30.1 Å². The highest BCUT2D eigenvalue weighted by Gasteiger charge is 2.31. The van der Waals surface area contributed by atoms with E-state index >= 15 is 0 Å². The molecule has 2 heterocycles. The highest BCUT2D eigenvalue weighted by Crippen LogP contribution is 2.30. The number of hydrogen-bond acceptors (Lipinski definition) is 5. The van der Waals surface area contributed by atoms with Crippen molar-refractivity contribution < 1.29 is 23.6 Å². The number of aryl methyl sites for hydroxylation is 3. The molecule has 0 amide bonds. The average Bonchev–Trinajstić information content (AvgIpc) is 2.54. The predicted octanol–water partition coefficient (Wildman–Crippen LogP) is 2.54. The van der Waals surface area contributed by atoms with Crippen molar-refractivity contribution >= 4 is 11.9 Å². The van der Waals surface area contributed by atoms with E-state index in [1.54, 1.807) is 27.7 Å². The SMILES string of the molecule is CCOC(=O)c1c(C)nc(C)c(C(=O)OCC)c1-c1cccc[n+]1C. The number of rotatable bonds is 5. The van der Waals surface area contributed by atoms with Crippen LogP contribution in [0.2, 0.25) is 0 Å². The van der Waals surface area contributed by atoms with Crippen LogP contribution in [0.3, 0.4) is 0 Å². The monoisotopic (exact) mass is 343 g/mol. The summed E-state index contributed by atoms with van der Waals surface area (Å²) in [5.74, 6) is -1.01. The third kappa shape index (κ3) is 3.68. The number of aromatic nitrogens is 2. The van der Waals surface area contributed by atoms with E-state index in [1.165, 1.54) is 0 Å². The van der Waals surface area contributed by atoms with E-state index in [0.29, 0.717) is 22.6 Å². The van der Waals surface area contributed by atoms with Gasteiger partial charge in [-0.05, 0) is 33.8 Å². The van der Waals surface area contributed by atoms with Gasteiger partial charge in [-0.2, -0.15) is 0 Å². The van der Waals surface area contributed by atoms with Crippen LogP contribution in [0.5, 0.6) is 0 Å². The molecule has 0 fully saturated rings. The molecule has 0 bridgehead atoms. The number of esters is 2. The summed E-state index contributed by atoms with van der Waals surface area (Å²) in [6.07, 6.45) is 1.85. The van der Waals surface area contributed by atoms with Crippen LogP contribution >= 0.6 is 0 Å². The van der Waals surface area contributed by atoms with Crippen molar-refractivity contribution in [2.45, 2.75) is 27.7 Å². The Kier molecular flexibility index (Phi) is 5.85. The minimum absolute atomic E-state index is 0.237. The fraction of sp³-hybridized carbons (Fsp3) is 0.368. The largest absolute Gasteiger partial charge is 0.462 e. The van der Waals surface area contributed by atoms with Gasteiger partial charge in [-0.1, -0.05) is 0 Å². The summed E-state index contributed by atoms with van der Waals surface area (Å²) in [6, 6.07) is 5.57. The van der Waals surface area contributed by atoms with Gasteiger partial charge in [-0.3, -0.25) is 4.98 Å². The molecular formula is C19H23N2O4+. The normalized spacial score (nSPS) is 10.4. The highest BCUT2D eigenvalue weighted by molar-refractivity contribution is 6.06. The van der Waals surface area contributed by atoms with E-state index in [4.69, 9.17) is 9.47 Å². The minimum Gasteiger partial charge on any atom is -0.462 e. The van der Waals surface area contributed by atoms with Gasteiger partial charge < -0.3 is 9.47 Å². The lowest BCUT2D eigenvalue weighted by atomic mass is 9.95. The molecule has 6 heteroatoms. The molecule has 132 valence electrons.